The molecule has 21 heavy (non-hydrogen) atoms. The lowest BCUT2D eigenvalue weighted by atomic mass is 9.96. The van der Waals surface area contributed by atoms with Crippen molar-refractivity contribution in [3.63, 3.8) is 0 Å². The maximum Gasteiger partial charge on any atom is 0.327 e. The summed E-state index contributed by atoms with van der Waals surface area (Å²) >= 11 is 0. The first-order valence-corrected chi connectivity index (χ1v) is 6.90. The molecule has 0 radical (unpaired) electrons. The highest BCUT2D eigenvalue weighted by Crippen LogP contribution is 2.35. The topological polar surface area (TPSA) is 58.4 Å². The highest BCUT2D eigenvalue weighted by molar-refractivity contribution is 5.62. The molecule has 1 aromatic carbocycles. The molecule has 0 atom stereocenters. The molecule has 0 bridgehead atoms. The maximum atomic E-state index is 13.6. The van der Waals surface area contributed by atoms with E-state index in [1.807, 2.05) is 14.1 Å². The fourth-order valence-electron chi connectivity index (χ4n) is 2.96. The van der Waals surface area contributed by atoms with Crippen molar-refractivity contribution >= 4 is 11.4 Å². The van der Waals surface area contributed by atoms with E-state index in [4.69, 9.17) is 0 Å². The van der Waals surface area contributed by atoms with Gasteiger partial charge in [-0.1, -0.05) is 12.8 Å². The Morgan fingerprint density at radius 3 is 2.48 bits per heavy atom. The van der Waals surface area contributed by atoms with E-state index in [-0.39, 0.29) is 11.2 Å². The van der Waals surface area contributed by atoms with Crippen LogP contribution in [0.1, 0.15) is 25.7 Å². The second kappa shape index (κ2) is 5.93. The van der Waals surface area contributed by atoms with E-state index in [0.29, 0.717) is 12.6 Å². The molecule has 7 heteroatoms. The van der Waals surface area contributed by atoms with Gasteiger partial charge in [0.2, 0.25) is 5.82 Å². The number of likely N-dealkylation sites (N-methyl/N-ethyl adjacent to an activating group) is 1. The minimum Gasteiger partial charge on any atom is -0.377 e. The van der Waals surface area contributed by atoms with Crippen molar-refractivity contribution in [1.82, 2.24) is 4.90 Å². The predicted molar refractivity (Wildman–Crippen MR) is 76.4 cm³/mol. The lowest BCUT2D eigenvalue weighted by Crippen LogP contribution is -2.47. The molecule has 1 aliphatic rings. The van der Waals surface area contributed by atoms with Crippen LogP contribution in [0.4, 0.5) is 20.2 Å². The highest BCUT2D eigenvalue weighted by atomic mass is 19.1. The minimum absolute atomic E-state index is 0.106. The zero-order chi connectivity index (χ0) is 15.6. The van der Waals surface area contributed by atoms with Gasteiger partial charge in [0.25, 0.3) is 0 Å². The van der Waals surface area contributed by atoms with Crippen LogP contribution in [0.3, 0.4) is 0 Å². The summed E-state index contributed by atoms with van der Waals surface area (Å²) in [7, 11) is 3.90. The van der Waals surface area contributed by atoms with E-state index in [9.17, 15) is 18.9 Å². The van der Waals surface area contributed by atoms with Crippen molar-refractivity contribution in [3.05, 3.63) is 33.9 Å². The van der Waals surface area contributed by atoms with Gasteiger partial charge in [0, 0.05) is 24.2 Å². The standard InChI is InChI=1S/C14H19F2N3O2/c1-18(2)14(5-3-4-6-14)9-17-12-8-10(15)7-11(16)13(12)19(20)21/h7-8,17H,3-6,9H2,1-2H3. The number of hydrogen-bond donors (Lipinski definition) is 1. The van der Waals surface area contributed by atoms with Crippen LogP contribution in [0, 0.1) is 21.7 Å². The quantitative estimate of drug-likeness (QED) is 0.670. The zero-order valence-electron chi connectivity index (χ0n) is 12.2. The van der Waals surface area contributed by atoms with Gasteiger partial charge in [-0.3, -0.25) is 10.1 Å². The van der Waals surface area contributed by atoms with E-state index >= 15 is 0 Å². The lowest BCUT2D eigenvalue weighted by Gasteiger charge is -2.36. The molecule has 0 saturated heterocycles. The third kappa shape index (κ3) is 3.12. The normalized spacial score (nSPS) is 17.2. The van der Waals surface area contributed by atoms with Crippen LogP contribution in [-0.4, -0.2) is 36.0 Å². The Balaban J connectivity index is 2.25. The van der Waals surface area contributed by atoms with Gasteiger partial charge in [0.15, 0.2) is 0 Å². The molecule has 5 nitrogen and oxygen atoms in total. The van der Waals surface area contributed by atoms with E-state index in [0.717, 1.165) is 31.7 Å². The summed E-state index contributed by atoms with van der Waals surface area (Å²) in [5.74, 6) is -1.99. The molecule has 0 unspecified atom stereocenters. The van der Waals surface area contributed by atoms with Gasteiger partial charge >= 0.3 is 5.69 Å². The summed E-state index contributed by atoms with van der Waals surface area (Å²) < 4.78 is 26.9. The molecule has 2 rings (SSSR count). The minimum atomic E-state index is -1.16. The van der Waals surface area contributed by atoms with Crippen molar-refractivity contribution < 1.29 is 13.7 Å². The van der Waals surface area contributed by atoms with E-state index in [2.05, 4.69) is 10.2 Å². The van der Waals surface area contributed by atoms with Crippen LogP contribution in [0.25, 0.3) is 0 Å². The van der Waals surface area contributed by atoms with Crippen LogP contribution >= 0.6 is 0 Å². The SMILES string of the molecule is CN(C)C1(CNc2cc(F)cc(F)c2[N+](=O)[O-])CCCC1. The fraction of sp³-hybridized carbons (Fsp3) is 0.571. The Kier molecular flexibility index (Phi) is 4.41. The molecule has 1 aromatic rings. The third-order valence-corrected chi connectivity index (χ3v) is 4.30. The van der Waals surface area contributed by atoms with Gasteiger partial charge in [-0.2, -0.15) is 4.39 Å². The largest absolute Gasteiger partial charge is 0.377 e. The van der Waals surface area contributed by atoms with Crippen molar-refractivity contribution in [3.8, 4) is 0 Å². The second-order valence-electron chi connectivity index (χ2n) is 5.72. The number of halogens is 2. The van der Waals surface area contributed by atoms with Crippen molar-refractivity contribution in [1.29, 1.82) is 0 Å². The van der Waals surface area contributed by atoms with Crippen molar-refractivity contribution in [2.75, 3.05) is 26.0 Å². The van der Waals surface area contributed by atoms with Gasteiger partial charge in [0.05, 0.1) is 4.92 Å². The summed E-state index contributed by atoms with van der Waals surface area (Å²) in [6, 6.07) is 1.50. The molecular weight excluding hydrogens is 280 g/mol. The van der Waals surface area contributed by atoms with Gasteiger partial charge in [-0.05, 0) is 26.9 Å². The Morgan fingerprint density at radius 1 is 1.33 bits per heavy atom. The maximum absolute atomic E-state index is 13.6. The number of nitro groups is 1. The van der Waals surface area contributed by atoms with Gasteiger partial charge in [-0.15, -0.1) is 0 Å². The summed E-state index contributed by atoms with van der Waals surface area (Å²) in [5, 5.41) is 13.8. The number of hydrogen-bond acceptors (Lipinski definition) is 4. The third-order valence-electron chi connectivity index (χ3n) is 4.30. The Hall–Kier alpha value is -1.76. The van der Waals surface area contributed by atoms with Gasteiger partial charge < -0.3 is 10.2 Å². The Labute approximate surface area is 122 Å². The number of anilines is 1. The molecule has 1 saturated carbocycles. The number of nitro benzene ring substituents is 1. The molecule has 0 aliphatic heterocycles. The Morgan fingerprint density at radius 2 is 1.95 bits per heavy atom. The molecule has 0 aromatic heterocycles. The van der Waals surface area contributed by atoms with Crippen LogP contribution in [0.5, 0.6) is 0 Å². The van der Waals surface area contributed by atoms with E-state index in [1.54, 1.807) is 0 Å². The molecule has 1 N–H and O–H groups in total. The molecular formula is C14H19F2N3O2. The molecule has 0 heterocycles. The van der Waals surface area contributed by atoms with E-state index < -0.39 is 22.2 Å². The molecule has 116 valence electrons. The van der Waals surface area contributed by atoms with Crippen molar-refractivity contribution in [2.24, 2.45) is 0 Å². The first-order chi connectivity index (χ1) is 9.85. The summed E-state index contributed by atoms with van der Waals surface area (Å²) in [4.78, 5) is 12.2. The molecule has 1 aliphatic carbocycles. The predicted octanol–water partition coefficient (Wildman–Crippen LogP) is 3.16. The average molecular weight is 299 g/mol. The smallest absolute Gasteiger partial charge is 0.327 e. The average Bonchev–Trinajstić information content (AvgIpc) is 2.85. The van der Waals surface area contributed by atoms with Gasteiger partial charge in [-0.25, -0.2) is 4.39 Å². The second-order valence-corrected chi connectivity index (χ2v) is 5.72. The molecule has 0 spiro atoms. The number of nitrogens with one attached hydrogen (secondary N) is 1. The highest BCUT2D eigenvalue weighted by Gasteiger charge is 2.36. The first kappa shape index (κ1) is 15.6. The van der Waals surface area contributed by atoms with Crippen LogP contribution < -0.4 is 5.32 Å². The fourth-order valence-corrected chi connectivity index (χ4v) is 2.96. The summed E-state index contributed by atoms with van der Waals surface area (Å²) in [6.07, 6.45) is 4.08. The van der Waals surface area contributed by atoms with Crippen LogP contribution in [-0.2, 0) is 0 Å². The lowest BCUT2D eigenvalue weighted by molar-refractivity contribution is -0.386. The first-order valence-electron chi connectivity index (χ1n) is 6.90. The van der Waals surface area contributed by atoms with E-state index in [1.165, 1.54) is 0 Å². The zero-order valence-corrected chi connectivity index (χ0v) is 12.2. The molecule has 1 fully saturated rings. The number of benzene rings is 1. The monoisotopic (exact) mass is 299 g/mol. The van der Waals surface area contributed by atoms with Crippen LogP contribution in [0.15, 0.2) is 12.1 Å². The summed E-state index contributed by atoms with van der Waals surface area (Å²) in [6.45, 7) is 0.420. The summed E-state index contributed by atoms with van der Waals surface area (Å²) in [5.41, 5.74) is -0.939. The number of rotatable bonds is 5. The van der Waals surface area contributed by atoms with Gasteiger partial charge in [0.1, 0.15) is 11.5 Å². The Bertz CT molecular complexity index is 543. The van der Waals surface area contributed by atoms with Crippen LogP contribution in [0.2, 0.25) is 0 Å². The number of nitrogens with zero attached hydrogens (tertiary/aromatic N) is 2. The molecule has 0 amide bonds. The van der Waals surface area contributed by atoms with Crippen molar-refractivity contribution in [2.45, 2.75) is 31.2 Å².